The summed E-state index contributed by atoms with van der Waals surface area (Å²) in [7, 11) is 1.49. The third kappa shape index (κ3) is 5.54. The van der Waals surface area contributed by atoms with Gasteiger partial charge in [0.2, 0.25) is 11.2 Å². The van der Waals surface area contributed by atoms with Crippen LogP contribution in [0.25, 0.3) is 0 Å². The highest BCUT2D eigenvalue weighted by atomic mass is 35.5. The van der Waals surface area contributed by atoms with E-state index < -0.39 is 17.8 Å². The normalized spacial score (nSPS) is 11.2. The molecule has 0 aliphatic carbocycles. The van der Waals surface area contributed by atoms with Crippen LogP contribution in [0.1, 0.15) is 16.2 Å². The molecule has 0 aromatic carbocycles. The summed E-state index contributed by atoms with van der Waals surface area (Å²) in [5.74, 6) is -0.742. The maximum atomic E-state index is 12.6. The fourth-order valence-corrected chi connectivity index (χ4v) is 1.85. The summed E-state index contributed by atoms with van der Waals surface area (Å²) < 4.78 is 48.0. The van der Waals surface area contributed by atoms with Crippen molar-refractivity contribution in [3.05, 3.63) is 41.1 Å². The molecule has 0 saturated heterocycles. The minimum Gasteiger partial charge on any atom is -0.475 e. The summed E-state index contributed by atoms with van der Waals surface area (Å²) in [5, 5.41) is 2.04. The van der Waals surface area contributed by atoms with E-state index in [1.165, 1.54) is 19.2 Å². The van der Waals surface area contributed by atoms with Crippen LogP contribution in [0, 0.1) is 0 Å². The molecule has 0 bridgehead atoms. The maximum Gasteiger partial charge on any atom is 0.433 e. The number of anilines is 1. The van der Waals surface area contributed by atoms with E-state index >= 15 is 0 Å². The Labute approximate surface area is 145 Å². The van der Waals surface area contributed by atoms with Crippen LogP contribution in [-0.4, -0.2) is 41.2 Å². The lowest BCUT2D eigenvalue weighted by atomic mass is 10.3. The number of aromatic nitrogens is 3. The molecule has 0 spiro atoms. The summed E-state index contributed by atoms with van der Waals surface area (Å²) in [5.41, 5.74) is -1.39. The Morgan fingerprint density at radius 2 is 2.04 bits per heavy atom. The van der Waals surface area contributed by atoms with Crippen LogP contribution in [0.5, 0.6) is 5.88 Å². The van der Waals surface area contributed by atoms with Crippen molar-refractivity contribution in [1.82, 2.24) is 15.0 Å². The number of amides is 1. The number of pyridine rings is 1. The number of carbonyl (C=O) groups is 1. The highest BCUT2D eigenvalue weighted by Gasteiger charge is 2.32. The van der Waals surface area contributed by atoms with Crippen molar-refractivity contribution < 1.29 is 27.4 Å². The van der Waals surface area contributed by atoms with Crippen molar-refractivity contribution in [3.8, 4) is 5.88 Å². The first-order chi connectivity index (χ1) is 11.8. The van der Waals surface area contributed by atoms with Crippen molar-refractivity contribution in [2.24, 2.45) is 0 Å². The lowest BCUT2D eigenvalue weighted by molar-refractivity contribution is -0.141. The summed E-state index contributed by atoms with van der Waals surface area (Å²) in [6, 6.07) is 3.13. The zero-order valence-corrected chi connectivity index (χ0v) is 13.6. The van der Waals surface area contributed by atoms with Gasteiger partial charge in [-0.15, -0.1) is 0 Å². The Kier molecular flexibility index (Phi) is 6.10. The number of methoxy groups -OCH3 is 1. The van der Waals surface area contributed by atoms with Crippen LogP contribution in [0.2, 0.25) is 5.28 Å². The molecule has 2 rings (SSSR count). The molecule has 0 unspecified atom stereocenters. The molecule has 2 aromatic rings. The molecular weight excluding hydrogens is 365 g/mol. The summed E-state index contributed by atoms with van der Waals surface area (Å²) in [6.45, 7) is 0.463. The predicted octanol–water partition coefficient (Wildman–Crippen LogP) is 2.82. The van der Waals surface area contributed by atoms with Gasteiger partial charge in [-0.25, -0.2) is 4.98 Å². The van der Waals surface area contributed by atoms with Crippen LogP contribution in [0.4, 0.5) is 18.9 Å². The number of hydrogen-bond donors (Lipinski definition) is 1. The Morgan fingerprint density at radius 1 is 1.28 bits per heavy atom. The molecule has 0 fully saturated rings. The molecule has 0 atom stereocenters. The average molecular weight is 377 g/mol. The number of hydrogen-bond acceptors (Lipinski definition) is 6. The SMILES string of the molecule is COCCOc1cc(C(=O)Nc2ccnc(C(F)(F)F)c2)nc(Cl)n1. The molecule has 0 aliphatic rings. The van der Waals surface area contributed by atoms with E-state index in [9.17, 15) is 18.0 Å². The van der Waals surface area contributed by atoms with Gasteiger partial charge in [0.05, 0.1) is 6.61 Å². The minimum absolute atomic E-state index is 0.0351. The van der Waals surface area contributed by atoms with Crippen LogP contribution in [-0.2, 0) is 10.9 Å². The van der Waals surface area contributed by atoms with Gasteiger partial charge in [0, 0.05) is 25.1 Å². The second kappa shape index (κ2) is 8.08. The van der Waals surface area contributed by atoms with Gasteiger partial charge in [-0.3, -0.25) is 9.78 Å². The molecule has 0 radical (unpaired) electrons. The molecule has 134 valence electrons. The standard InChI is InChI=1S/C14H12ClF3N4O3/c1-24-4-5-25-11-7-9(21-13(15)22-11)12(23)20-8-2-3-19-10(6-8)14(16,17)18/h2-3,6-7H,4-5H2,1H3,(H,19,20,23). The van der Waals surface area contributed by atoms with Gasteiger partial charge >= 0.3 is 6.18 Å². The predicted molar refractivity (Wildman–Crippen MR) is 81.6 cm³/mol. The van der Waals surface area contributed by atoms with E-state index in [-0.39, 0.29) is 29.2 Å². The smallest absolute Gasteiger partial charge is 0.433 e. The fraction of sp³-hybridized carbons (Fsp3) is 0.286. The number of nitrogens with one attached hydrogen (secondary N) is 1. The molecule has 2 heterocycles. The Bertz CT molecular complexity index is 758. The van der Waals surface area contributed by atoms with Gasteiger partial charge in [-0.2, -0.15) is 18.2 Å². The molecule has 1 N–H and O–H groups in total. The summed E-state index contributed by atoms with van der Waals surface area (Å²) in [6.07, 6.45) is -3.69. The first-order valence-corrected chi connectivity index (χ1v) is 7.18. The van der Waals surface area contributed by atoms with E-state index in [1.807, 2.05) is 0 Å². The van der Waals surface area contributed by atoms with Crippen molar-refractivity contribution in [2.45, 2.75) is 6.18 Å². The lowest BCUT2D eigenvalue weighted by Crippen LogP contribution is -2.16. The monoisotopic (exact) mass is 376 g/mol. The fourth-order valence-electron chi connectivity index (χ4n) is 1.68. The van der Waals surface area contributed by atoms with E-state index in [0.29, 0.717) is 12.7 Å². The molecule has 1 amide bonds. The number of ether oxygens (including phenoxy) is 2. The Hall–Kier alpha value is -2.46. The zero-order chi connectivity index (χ0) is 18.4. The Morgan fingerprint density at radius 3 is 2.72 bits per heavy atom. The molecule has 0 saturated carbocycles. The van der Waals surface area contributed by atoms with Gasteiger partial charge in [0.1, 0.15) is 18.0 Å². The number of alkyl halides is 3. The third-order valence-electron chi connectivity index (χ3n) is 2.75. The van der Waals surface area contributed by atoms with Crippen LogP contribution in [0.3, 0.4) is 0 Å². The largest absolute Gasteiger partial charge is 0.475 e. The van der Waals surface area contributed by atoms with E-state index in [2.05, 4.69) is 20.3 Å². The number of rotatable bonds is 6. The first-order valence-electron chi connectivity index (χ1n) is 6.80. The summed E-state index contributed by atoms with van der Waals surface area (Å²) in [4.78, 5) is 22.9. The Balaban J connectivity index is 2.15. The van der Waals surface area contributed by atoms with E-state index in [0.717, 1.165) is 6.20 Å². The minimum atomic E-state index is -4.62. The number of nitrogens with zero attached hydrogens (tertiary/aromatic N) is 3. The van der Waals surface area contributed by atoms with Gasteiger partial charge < -0.3 is 14.8 Å². The van der Waals surface area contributed by atoms with Gasteiger partial charge in [0.15, 0.2) is 0 Å². The van der Waals surface area contributed by atoms with E-state index in [1.54, 1.807) is 0 Å². The first kappa shape index (κ1) is 18.9. The lowest BCUT2D eigenvalue weighted by Gasteiger charge is -2.10. The number of carbonyl (C=O) groups excluding carboxylic acids is 1. The molecule has 0 aliphatic heterocycles. The quantitative estimate of drug-likeness (QED) is 0.616. The van der Waals surface area contributed by atoms with Crippen molar-refractivity contribution in [2.75, 3.05) is 25.6 Å². The molecule has 11 heteroatoms. The average Bonchev–Trinajstić information content (AvgIpc) is 2.54. The van der Waals surface area contributed by atoms with Crippen LogP contribution in [0.15, 0.2) is 24.4 Å². The number of halogens is 4. The van der Waals surface area contributed by atoms with Gasteiger partial charge in [-0.1, -0.05) is 0 Å². The summed E-state index contributed by atoms with van der Waals surface area (Å²) >= 11 is 5.72. The third-order valence-corrected chi connectivity index (χ3v) is 2.92. The molecule has 2 aromatic heterocycles. The van der Waals surface area contributed by atoms with Crippen molar-refractivity contribution in [3.63, 3.8) is 0 Å². The highest BCUT2D eigenvalue weighted by Crippen LogP contribution is 2.28. The molecule has 25 heavy (non-hydrogen) atoms. The topological polar surface area (TPSA) is 86.2 Å². The second-order valence-electron chi connectivity index (χ2n) is 4.58. The van der Waals surface area contributed by atoms with Crippen LogP contribution < -0.4 is 10.1 Å². The molecular formula is C14H12ClF3N4O3. The maximum absolute atomic E-state index is 12.6. The van der Waals surface area contributed by atoms with Gasteiger partial charge in [-0.05, 0) is 23.7 Å². The van der Waals surface area contributed by atoms with Crippen LogP contribution >= 0.6 is 11.6 Å². The van der Waals surface area contributed by atoms with Crippen molar-refractivity contribution in [1.29, 1.82) is 0 Å². The van der Waals surface area contributed by atoms with Crippen molar-refractivity contribution >= 4 is 23.2 Å². The second-order valence-corrected chi connectivity index (χ2v) is 4.92. The van der Waals surface area contributed by atoms with E-state index in [4.69, 9.17) is 21.1 Å². The highest BCUT2D eigenvalue weighted by molar-refractivity contribution is 6.28. The van der Waals surface area contributed by atoms with Gasteiger partial charge in [0.25, 0.3) is 5.91 Å². The molecule has 7 nitrogen and oxygen atoms in total. The zero-order valence-electron chi connectivity index (χ0n) is 12.8.